The molecule has 1 aromatic carbocycles. The number of nitrogens with one attached hydrogen (secondary N) is 1. The van der Waals surface area contributed by atoms with Crippen LogP contribution in [0.25, 0.3) is 6.08 Å². The number of benzene rings is 1. The average molecular weight is 479 g/mol. The van der Waals surface area contributed by atoms with Crippen LogP contribution < -0.4 is 0 Å². The summed E-state index contributed by atoms with van der Waals surface area (Å²) in [5, 5.41) is 17.1. The van der Waals surface area contributed by atoms with Crippen molar-refractivity contribution >= 4 is 29.3 Å². The summed E-state index contributed by atoms with van der Waals surface area (Å²) in [6, 6.07) is 8.84. The molecule has 2 aromatic rings. The highest BCUT2D eigenvalue weighted by atomic mass is 32.2. The maximum absolute atomic E-state index is 11.6. The summed E-state index contributed by atoms with van der Waals surface area (Å²) >= 11 is 1.73. The van der Waals surface area contributed by atoms with Crippen LogP contribution in [-0.2, 0) is 13.0 Å². The third-order valence-corrected chi connectivity index (χ3v) is 6.08. The molecule has 0 bridgehead atoms. The molecule has 0 spiro atoms. The van der Waals surface area contributed by atoms with Crippen LogP contribution >= 0.6 is 11.8 Å². The Morgan fingerprint density at radius 1 is 1.24 bits per heavy atom. The molecule has 0 aliphatic carbocycles. The molecule has 0 aliphatic rings. The van der Waals surface area contributed by atoms with Crippen LogP contribution in [0.2, 0.25) is 0 Å². The van der Waals surface area contributed by atoms with Crippen LogP contribution in [0.15, 0.2) is 47.0 Å². The fourth-order valence-electron chi connectivity index (χ4n) is 3.38. The molecule has 1 heterocycles. The molecule has 0 amide bonds. The second kappa shape index (κ2) is 15.8. The molecule has 34 heavy (non-hydrogen) atoms. The SMILES string of the molecule is CC.CC/C=C(/C/C(=C\c1cnc(CCCC)n1Cc1ccc(C(=O)C#N)cc1)C(C)=N)SC. The van der Waals surface area contributed by atoms with Gasteiger partial charge in [-0.2, -0.15) is 5.26 Å². The minimum atomic E-state index is -0.526. The molecule has 0 saturated carbocycles. The number of nitrogens with zero attached hydrogens (tertiary/aromatic N) is 3. The zero-order chi connectivity index (χ0) is 25.5. The maximum Gasteiger partial charge on any atom is 0.262 e. The van der Waals surface area contributed by atoms with E-state index in [-0.39, 0.29) is 0 Å². The van der Waals surface area contributed by atoms with E-state index in [0.717, 1.165) is 54.8 Å². The molecule has 0 saturated heterocycles. The molecule has 2 rings (SSSR count). The smallest absolute Gasteiger partial charge is 0.262 e. The molecule has 0 aliphatic heterocycles. The molecule has 5 nitrogen and oxygen atoms in total. The molecular weight excluding hydrogens is 440 g/mol. The first-order valence-corrected chi connectivity index (χ1v) is 13.2. The number of rotatable bonds is 12. The monoisotopic (exact) mass is 478 g/mol. The van der Waals surface area contributed by atoms with Crippen molar-refractivity contribution in [1.29, 1.82) is 10.7 Å². The fourth-order valence-corrected chi connectivity index (χ4v) is 4.02. The van der Waals surface area contributed by atoms with E-state index in [9.17, 15) is 4.79 Å². The lowest BCUT2D eigenvalue weighted by Gasteiger charge is -2.13. The third-order valence-electron chi connectivity index (χ3n) is 5.24. The number of thioether (sulfide) groups is 1. The normalized spacial score (nSPS) is 11.4. The molecule has 0 unspecified atom stereocenters. The van der Waals surface area contributed by atoms with E-state index in [0.29, 0.717) is 17.8 Å². The van der Waals surface area contributed by atoms with Gasteiger partial charge in [0, 0.05) is 30.7 Å². The molecule has 0 atom stereocenters. The van der Waals surface area contributed by atoms with Crippen LogP contribution in [-0.4, -0.2) is 27.3 Å². The molecule has 6 heteroatoms. The quantitative estimate of drug-likeness (QED) is 0.195. The molecule has 0 radical (unpaired) electrons. The molecule has 182 valence electrons. The van der Waals surface area contributed by atoms with E-state index in [1.165, 1.54) is 4.91 Å². The maximum atomic E-state index is 11.6. The largest absolute Gasteiger partial charge is 0.324 e. The van der Waals surface area contributed by atoms with Crippen molar-refractivity contribution < 1.29 is 4.79 Å². The van der Waals surface area contributed by atoms with Gasteiger partial charge in [0.2, 0.25) is 0 Å². The van der Waals surface area contributed by atoms with Gasteiger partial charge in [0.1, 0.15) is 11.9 Å². The van der Waals surface area contributed by atoms with Gasteiger partial charge in [-0.1, -0.05) is 52.3 Å². The number of nitriles is 1. The summed E-state index contributed by atoms with van der Waals surface area (Å²) in [5.41, 5.74) is 3.96. The first-order chi connectivity index (χ1) is 16.4. The summed E-state index contributed by atoms with van der Waals surface area (Å²) in [5.74, 6) is 0.494. The number of ketones is 1. The number of aryl methyl sites for hydroxylation is 1. The van der Waals surface area contributed by atoms with Gasteiger partial charge in [0.25, 0.3) is 5.78 Å². The van der Waals surface area contributed by atoms with Gasteiger partial charge in [-0.15, -0.1) is 11.8 Å². The topological polar surface area (TPSA) is 82.5 Å². The number of aromatic nitrogens is 2. The van der Waals surface area contributed by atoms with Crippen LogP contribution in [0.5, 0.6) is 0 Å². The Balaban J connectivity index is 0.00000281. The zero-order valence-electron chi connectivity index (χ0n) is 21.4. The predicted molar refractivity (Wildman–Crippen MR) is 146 cm³/mol. The van der Waals surface area contributed by atoms with Crippen molar-refractivity contribution in [1.82, 2.24) is 9.55 Å². The number of unbranched alkanes of at least 4 members (excludes halogenated alkanes) is 1. The van der Waals surface area contributed by atoms with Gasteiger partial charge in [-0.3, -0.25) is 4.79 Å². The average Bonchev–Trinajstić information content (AvgIpc) is 3.23. The van der Waals surface area contributed by atoms with Gasteiger partial charge in [0.05, 0.1) is 11.9 Å². The highest BCUT2D eigenvalue weighted by molar-refractivity contribution is 8.02. The summed E-state index contributed by atoms with van der Waals surface area (Å²) < 4.78 is 2.20. The molecule has 0 fully saturated rings. The Morgan fingerprint density at radius 2 is 1.91 bits per heavy atom. The molecule has 1 N–H and O–H groups in total. The van der Waals surface area contributed by atoms with Crippen molar-refractivity contribution in [2.24, 2.45) is 0 Å². The number of hydrogen-bond acceptors (Lipinski definition) is 5. The first-order valence-electron chi connectivity index (χ1n) is 12.0. The predicted octanol–water partition coefficient (Wildman–Crippen LogP) is 7.48. The van der Waals surface area contributed by atoms with E-state index >= 15 is 0 Å². The second-order valence-electron chi connectivity index (χ2n) is 7.68. The lowest BCUT2D eigenvalue weighted by molar-refractivity contribution is 0.105. The summed E-state index contributed by atoms with van der Waals surface area (Å²) in [6.07, 6.45) is 13.0. The Kier molecular flexibility index (Phi) is 13.6. The highest BCUT2D eigenvalue weighted by Gasteiger charge is 2.12. The van der Waals surface area contributed by atoms with Crippen LogP contribution in [0.3, 0.4) is 0 Å². The van der Waals surface area contributed by atoms with Gasteiger partial charge < -0.3 is 9.98 Å². The lowest BCUT2D eigenvalue weighted by atomic mass is 10.1. The number of Topliss-reactive ketones (excluding diaryl/α,β-unsaturated/α-hetero) is 1. The Labute approximate surface area is 209 Å². The third kappa shape index (κ3) is 8.79. The van der Waals surface area contributed by atoms with Gasteiger partial charge >= 0.3 is 0 Å². The van der Waals surface area contributed by atoms with Crippen molar-refractivity contribution in [3.63, 3.8) is 0 Å². The minimum Gasteiger partial charge on any atom is -0.324 e. The lowest BCUT2D eigenvalue weighted by Crippen LogP contribution is -2.08. The number of carbonyl (C=O) groups excluding carboxylic acids is 1. The van der Waals surface area contributed by atoms with E-state index in [2.05, 4.69) is 41.8 Å². The van der Waals surface area contributed by atoms with Crippen molar-refractivity contribution in [3.05, 3.63) is 69.7 Å². The highest BCUT2D eigenvalue weighted by Crippen LogP contribution is 2.25. The van der Waals surface area contributed by atoms with Crippen molar-refractivity contribution in [2.45, 2.75) is 73.3 Å². The zero-order valence-corrected chi connectivity index (χ0v) is 22.3. The van der Waals surface area contributed by atoms with E-state index in [1.54, 1.807) is 30.0 Å². The van der Waals surface area contributed by atoms with Crippen LogP contribution in [0.4, 0.5) is 0 Å². The van der Waals surface area contributed by atoms with Gasteiger partial charge in [-0.05, 0) is 60.3 Å². The fraction of sp³-hybridized carbons (Fsp3) is 0.429. The number of imidazole rings is 1. The van der Waals surface area contributed by atoms with E-state index in [1.807, 2.05) is 39.1 Å². The van der Waals surface area contributed by atoms with Crippen LogP contribution in [0.1, 0.15) is 87.7 Å². The van der Waals surface area contributed by atoms with Crippen molar-refractivity contribution in [3.8, 4) is 6.07 Å². The van der Waals surface area contributed by atoms with Gasteiger partial charge in [-0.25, -0.2) is 4.98 Å². The van der Waals surface area contributed by atoms with E-state index in [4.69, 9.17) is 10.7 Å². The van der Waals surface area contributed by atoms with Crippen molar-refractivity contribution in [2.75, 3.05) is 6.26 Å². The first kappa shape index (κ1) is 29.1. The summed E-state index contributed by atoms with van der Waals surface area (Å²) in [7, 11) is 0. The second-order valence-corrected chi connectivity index (χ2v) is 8.61. The standard InChI is InChI=1S/C26H32N4OS.C2H6/c1-5-7-9-26-29-17-23(14-22(19(3)28)15-24(32-4)8-6-2)30(26)18-20-10-12-21(13-11-20)25(31)16-27;1-2/h8,10-14,17,28H,5-7,9,15,18H2,1-4H3;1-2H3/b22-14+,24-8-,28-19?;. The summed E-state index contributed by atoms with van der Waals surface area (Å²) in [4.78, 5) is 17.6. The summed E-state index contributed by atoms with van der Waals surface area (Å²) in [6.45, 7) is 10.7. The minimum absolute atomic E-state index is 0.405. The Morgan fingerprint density at radius 3 is 2.44 bits per heavy atom. The number of allylic oxidation sites excluding steroid dienone is 3. The number of carbonyl (C=O) groups is 1. The van der Waals surface area contributed by atoms with Crippen LogP contribution in [0, 0.1) is 16.7 Å². The van der Waals surface area contributed by atoms with E-state index < -0.39 is 5.78 Å². The van der Waals surface area contributed by atoms with Gasteiger partial charge in [0.15, 0.2) is 0 Å². The number of hydrogen-bond donors (Lipinski definition) is 1. The molecule has 1 aromatic heterocycles. The molecular formula is C28H38N4OS. The Hall–Kier alpha value is -2.91. The Bertz CT molecular complexity index is 1040.